The van der Waals surface area contributed by atoms with Crippen molar-refractivity contribution in [3.63, 3.8) is 0 Å². The van der Waals surface area contributed by atoms with Gasteiger partial charge in [0.15, 0.2) is 5.78 Å². The van der Waals surface area contributed by atoms with Gasteiger partial charge in [-0.25, -0.2) is 0 Å². The van der Waals surface area contributed by atoms with Crippen molar-refractivity contribution in [3.05, 3.63) is 0 Å². The van der Waals surface area contributed by atoms with Crippen molar-refractivity contribution in [2.75, 3.05) is 0 Å². The fourth-order valence-corrected chi connectivity index (χ4v) is 12.3. The van der Waals surface area contributed by atoms with Crippen LogP contribution < -0.4 is 0 Å². The quantitative estimate of drug-likeness (QED) is 0.405. The Bertz CT molecular complexity index is 895. The zero-order valence-corrected chi connectivity index (χ0v) is 23.3. The van der Waals surface area contributed by atoms with Crippen LogP contribution in [0.15, 0.2) is 0 Å². The van der Waals surface area contributed by atoms with Gasteiger partial charge in [0.2, 0.25) is 0 Å². The van der Waals surface area contributed by atoms with Crippen molar-refractivity contribution in [1.29, 1.82) is 0 Å². The van der Waals surface area contributed by atoms with Crippen LogP contribution >= 0.6 is 11.6 Å². The third-order valence-electron chi connectivity index (χ3n) is 13.4. The van der Waals surface area contributed by atoms with E-state index in [0.717, 1.165) is 57.8 Å². The van der Waals surface area contributed by atoms with Gasteiger partial charge in [0.1, 0.15) is 0 Å². The molecular formula is C30H47ClO3. The standard InChI is InChI=1S/C30H47ClO3/c1-17(2)18-10-13-30(25(33)34)15-14-28(6)19(23(18)30)8-9-22-27(5)16-20(31)24(32)26(3,4)21(27)11-12-29(22,28)7/h17-23H,8-16H2,1-7H3,(H,33,34)/t18?,19?,20?,21?,22?,23?,27?,28-,29?,30?/m1/s1. The van der Waals surface area contributed by atoms with Crippen LogP contribution in [0.2, 0.25) is 0 Å². The monoisotopic (exact) mass is 490 g/mol. The van der Waals surface area contributed by atoms with E-state index >= 15 is 0 Å². The van der Waals surface area contributed by atoms with Gasteiger partial charge in [-0.1, -0.05) is 48.5 Å². The summed E-state index contributed by atoms with van der Waals surface area (Å²) in [7, 11) is 0. The largest absolute Gasteiger partial charge is 0.481 e. The summed E-state index contributed by atoms with van der Waals surface area (Å²) in [4.78, 5) is 25.9. The average Bonchev–Trinajstić information content (AvgIpc) is 3.14. The molecule has 0 amide bonds. The molecule has 0 aromatic heterocycles. The number of ketones is 1. The van der Waals surface area contributed by atoms with Gasteiger partial charge in [0, 0.05) is 5.41 Å². The fraction of sp³-hybridized carbons (Fsp3) is 0.933. The number of halogens is 1. The molecule has 5 aliphatic carbocycles. The maximum atomic E-state index is 13.1. The summed E-state index contributed by atoms with van der Waals surface area (Å²) < 4.78 is 0. The minimum Gasteiger partial charge on any atom is -0.481 e. The van der Waals surface area contributed by atoms with E-state index in [2.05, 4.69) is 48.5 Å². The van der Waals surface area contributed by atoms with Crippen LogP contribution in [-0.2, 0) is 9.59 Å². The number of hydrogen-bond acceptors (Lipinski definition) is 2. The Labute approximate surface area is 212 Å². The Kier molecular flexibility index (Phi) is 5.52. The summed E-state index contributed by atoms with van der Waals surface area (Å²) in [6.07, 6.45) is 9.18. The molecule has 5 saturated carbocycles. The Morgan fingerprint density at radius 2 is 1.59 bits per heavy atom. The highest BCUT2D eigenvalue weighted by atomic mass is 35.5. The van der Waals surface area contributed by atoms with Gasteiger partial charge in [-0.2, -0.15) is 0 Å². The smallest absolute Gasteiger partial charge is 0.309 e. The molecule has 5 aliphatic rings. The molecule has 192 valence electrons. The van der Waals surface area contributed by atoms with Crippen molar-refractivity contribution >= 4 is 23.4 Å². The van der Waals surface area contributed by atoms with Crippen LogP contribution in [0, 0.1) is 62.6 Å². The second-order valence-corrected chi connectivity index (χ2v) is 15.4. The number of rotatable bonds is 2. The summed E-state index contributed by atoms with van der Waals surface area (Å²) >= 11 is 6.78. The molecule has 0 saturated heterocycles. The maximum Gasteiger partial charge on any atom is 0.309 e. The van der Waals surface area contributed by atoms with Gasteiger partial charge in [0.05, 0.1) is 10.8 Å². The Hall–Kier alpha value is -0.570. The second kappa shape index (κ2) is 7.48. The number of hydrogen-bond donors (Lipinski definition) is 1. The molecular weight excluding hydrogens is 444 g/mol. The van der Waals surface area contributed by atoms with Gasteiger partial charge < -0.3 is 5.11 Å². The third-order valence-corrected chi connectivity index (χ3v) is 13.8. The molecule has 0 bridgehead atoms. The summed E-state index contributed by atoms with van der Waals surface area (Å²) in [5.41, 5.74) is -0.484. The first-order valence-electron chi connectivity index (χ1n) is 14.1. The van der Waals surface area contributed by atoms with E-state index in [9.17, 15) is 14.7 Å². The molecule has 0 heterocycles. The van der Waals surface area contributed by atoms with E-state index in [4.69, 9.17) is 11.6 Å². The highest BCUT2D eigenvalue weighted by Crippen LogP contribution is 2.77. The average molecular weight is 491 g/mol. The van der Waals surface area contributed by atoms with Crippen molar-refractivity contribution in [3.8, 4) is 0 Å². The number of carbonyl (C=O) groups is 2. The SMILES string of the molecule is CC(C)C1CCC2(C(=O)O)CC[C@]3(C)C(CCC4C5(C)CC(Cl)C(=O)C(C)(C)C5CCC43C)C12. The van der Waals surface area contributed by atoms with Gasteiger partial charge in [-0.15, -0.1) is 11.6 Å². The second-order valence-electron chi connectivity index (χ2n) is 14.9. The molecule has 5 fully saturated rings. The summed E-state index contributed by atoms with van der Waals surface area (Å²) in [5.74, 6) is 2.50. The summed E-state index contributed by atoms with van der Waals surface area (Å²) in [5, 5.41) is 10.2. The first-order valence-corrected chi connectivity index (χ1v) is 14.5. The van der Waals surface area contributed by atoms with E-state index in [1.807, 2.05) is 0 Å². The topological polar surface area (TPSA) is 54.4 Å². The van der Waals surface area contributed by atoms with Crippen LogP contribution in [0.4, 0.5) is 0 Å². The Balaban J connectivity index is 1.57. The predicted molar refractivity (Wildman–Crippen MR) is 137 cm³/mol. The van der Waals surface area contributed by atoms with E-state index in [0.29, 0.717) is 35.5 Å². The number of carbonyl (C=O) groups excluding carboxylic acids is 1. The van der Waals surface area contributed by atoms with E-state index in [1.54, 1.807) is 0 Å². The van der Waals surface area contributed by atoms with Gasteiger partial charge >= 0.3 is 5.97 Å². The molecule has 10 atom stereocenters. The first-order chi connectivity index (χ1) is 15.7. The number of carboxylic acid groups (broad SMARTS) is 1. The predicted octanol–water partition coefficient (Wildman–Crippen LogP) is 7.59. The third kappa shape index (κ3) is 2.83. The van der Waals surface area contributed by atoms with Crippen LogP contribution in [0.1, 0.15) is 106 Å². The Morgan fingerprint density at radius 1 is 0.912 bits per heavy atom. The zero-order chi connectivity index (χ0) is 25.1. The molecule has 0 radical (unpaired) electrons. The van der Waals surface area contributed by atoms with Crippen molar-refractivity contribution in [2.45, 2.75) is 112 Å². The molecule has 0 aromatic carbocycles. The lowest BCUT2D eigenvalue weighted by Gasteiger charge is -2.72. The van der Waals surface area contributed by atoms with E-state index < -0.39 is 11.4 Å². The molecule has 3 nitrogen and oxygen atoms in total. The number of aliphatic carboxylic acids is 1. The molecule has 1 N–H and O–H groups in total. The van der Waals surface area contributed by atoms with Crippen LogP contribution in [0.3, 0.4) is 0 Å². The number of alkyl halides is 1. The van der Waals surface area contributed by atoms with Crippen molar-refractivity contribution in [1.82, 2.24) is 0 Å². The zero-order valence-electron chi connectivity index (χ0n) is 22.5. The molecule has 4 heteroatoms. The van der Waals surface area contributed by atoms with E-state index in [1.165, 1.54) is 0 Å². The molecule has 5 rings (SSSR count). The molecule has 9 unspecified atom stereocenters. The minimum absolute atomic E-state index is 0.0687. The fourth-order valence-electron chi connectivity index (χ4n) is 11.7. The normalized spacial score (nSPS) is 54.1. The maximum absolute atomic E-state index is 13.1. The molecule has 0 aliphatic heterocycles. The lowest BCUT2D eigenvalue weighted by Crippen LogP contribution is -2.67. The van der Waals surface area contributed by atoms with Crippen molar-refractivity contribution < 1.29 is 14.7 Å². The van der Waals surface area contributed by atoms with Crippen LogP contribution in [0.5, 0.6) is 0 Å². The molecule has 34 heavy (non-hydrogen) atoms. The number of Topliss-reactive ketones (excluding diaryl/α,β-unsaturated/α-hetero) is 1. The highest BCUT2D eigenvalue weighted by Gasteiger charge is 2.72. The van der Waals surface area contributed by atoms with E-state index in [-0.39, 0.29) is 32.8 Å². The number of fused-ring (bicyclic) bond motifs is 7. The van der Waals surface area contributed by atoms with Gasteiger partial charge in [-0.3, -0.25) is 9.59 Å². The van der Waals surface area contributed by atoms with Crippen molar-refractivity contribution in [2.24, 2.45) is 62.6 Å². The molecule has 0 spiro atoms. The summed E-state index contributed by atoms with van der Waals surface area (Å²) in [6, 6.07) is 0. The molecule has 0 aromatic rings. The highest BCUT2D eigenvalue weighted by molar-refractivity contribution is 6.32. The summed E-state index contributed by atoms with van der Waals surface area (Å²) in [6.45, 7) is 16.5. The van der Waals surface area contributed by atoms with Gasteiger partial charge in [-0.05, 0) is 110 Å². The lowest BCUT2D eigenvalue weighted by molar-refractivity contribution is -0.236. The lowest BCUT2D eigenvalue weighted by atomic mass is 9.32. The minimum atomic E-state index is -0.525. The van der Waals surface area contributed by atoms with Gasteiger partial charge in [0.25, 0.3) is 0 Å². The van der Waals surface area contributed by atoms with Crippen LogP contribution in [0.25, 0.3) is 0 Å². The first kappa shape index (κ1) is 25.1. The van der Waals surface area contributed by atoms with Crippen LogP contribution in [-0.4, -0.2) is 22.2 Å². The number of carboxylic acids is 1. The Morgan fingerprint density at radius 3 is 2.21 bits per heavy atom.